The predicted octanol–water partition coefficient (Wildman–Crippen LogP) is 2.46. The van der Waals surface area contributed by atoms with E-state index in [-0.39, 0.29) is 6.04 Å². The Bertz CT molecular complexity index is 981. The average Bonchev–Trinajstić information content (AvgIpc) is 3.16. The van der Waals surface area contributed by atoms with E-state index in [1.807, 2.05) is 24.3 Å². The molecule has 0 saturated heterocycles. The number of benzene rings is 1. The summed E-state index contributed by atoms with van der Waals surface area (Å²) in [7, 11) is 1.63. The highest BCUT2D eigenvalue weighted by Crippen LogP contribution is 2.26. The van der Waals surface area contributed by atoms with E-state index in [0.29, 0.717) is 29.6 Å². The van der Waals surface area contributed by atoms with Gasteiger partial charge in [0.05, 0.1) is 19.0 Å². The van der Waals surface area contributed by atoms with Crippen LogP contribution in [0.25, 0.3) is 16.9 Å². The second-order valence-electron chi connectivity index (χ2n) is 7.15. The predicted molar refractivity (Wildman–Crippen MR) is 106 cm³/mol. The summed E-state index contributed by atoms with van der Waals surface area (Å²) in [4.78, 5) is 19.6. The summed E-state index contributed by atoms with van der Waals surface area (Å²) in [5, 5.41) is 22.9. The molecule has 4 rings (SSSR count). The Morgan fingerprint density at radius 1 is 1.24 bits per heavy atom. The lowest BCUT2D eigenvalue weighted by Crippen LogP contribution is -2.33. The number of hydrogen-bond acceptors (Lipinski definition) is 7. The Kier molecular flexibility index (Phi) is 5.41. The van der Waals surface area contributed by atoms with E-state index in [0.717, 1.165) is 37.1 Å². The molecule has 1 aromatic carbocycles. The Balaban J connectivity index is 1.44. The quantitative estimate of drug-likeness (QED) is 0.579. The van der Waals surface area contributed by atoms with Crippen molar-refractivity contribution in [2.45, 2.75) is 31.7 Å². The van der Waals surface area contributed by atoms with E-state index in [4.69, 9.17) is 9.84 Å². The number of carbonyl (C=O) groups is 1. The molecule has 1 aliphatic rings. The molecule has 0 unspecified atom stereocenters. The minimum atomic E-state index is -0.964. The molecule has 0 spiro atoms. The fourth-order valence-electron chi connectivity index (χ4n) is 3.62. The summed E-state index contributed by atoms with van der Waals surface area (Å²) in [5.41, 5.74) is 2.09. The van der Waals surface area contributed by atoms with E-state index in [2.05, 4.69) is 30.9 Å². The van der Waals surface area contributed by atoms with Crippen LogP contribution in [0.3, 0.4) is 0 Å². The molecule has 1 fully saturated rings. The largest absolute Gasteiger partial charge is 0.497 e. The first kappa shape index (κ1) is 18.9. The molecular formula is C19H23N7O3. The molecule has 1 amide bonds. The van der Waals surface area contributed by atoms with Crippen molar-refractivity contribution < 1.29 is 14.6 Å². The number of amides is 1. The number of anilines is 1. The second kappa shape index (κ2) is 8.29. The van der Waals surface area contributed by atoms with Crippen LogP contribution in [0.4, 0.5) is 10.7 Å². The maximum atomic E-state index is 10.6. The van der Waals surface area contributed by atoms with E-state index in [1.54, 1.807) is 18.0 Å². The van der Waals surface area contributed by atoms with Gasteiger partial charge < -0.3 is 20.5 Å². The van der Waals surface area contributed by atoms with Crippen LogP contribution >= 0.6 is 0 Å². The highest BCUT2D eigenvalue weighted by atomic mass is 16.5. The zero-order valence-corrected chi connectivity index (χ0v) is 16.1. The van der Waals surface area contributed by atoms with E-state index < -0.39 is 6.09 Å². The molecule has 2 heterocycles. The summed E-state index contributed by atoms with van der Waals surface area (Å²) in [6, 6.07) is 7.78. The van der Waals surface area contributed by atoms with Gasteiger partial charge in [-0.1, -0.05) is 5.21 Å². The first-order chi connectivity index (χ1) is 14.1. The van der Waals surface area contributed by atoms with Crippen molar-refractivity contribution in [3.63, 3.8) is 0 Å². The van der Waals surface area contributed by atoms with Gasteiger partial charge in [0.15, 0.2) is 11.2 Å². The van der Waals surface area contributed by atoms with Crippen LogP contribution in [0.15, 0.2) is 30.5 Å². The molecule has 1 aliphatic carbocycles. The van der Waals surface area contributed by atoms with Crippen LogP contribution in [0.2, 0.25) is 0 Å². The molecule has 10 nitrogen and oxygen atoms in total. The summed E-state index contributed by atoms with van der Waals surface area (Å²) in [6.45, 7) is 0.511. The molecule has 2 aromatic heterocycles. The van der Waals surface area contributed by atoms with Gasteiger partial charge in [-0.3, -0.25) is 0 Å². The number of rotatable bonds is 6. The summed E-state index contributed by atoms with van der Waals surface area (Å²) in [5.74, 6) is 1.69. The van der Waals surface area contributed by atoms with Crippen LogP contribution in [0.5, 0.6) is 5.75 Å². The van der Waals surface area contributed by atoms with Gasteiger partial charge in [0, 0.05) is 12.6 Å². The third kappa shape index (κ3) is 4.36. The highest BCUT2D eigenvalue weighted by Gasteiger charge is 2.22. The number of aromatic nitrogens is 5. The van der Waals surface area contributed by atoms with Crippen molar-refractivity contribution in [1.29, 1.82) is 0 Å². The average molecular weight is 397 g/mol. The van der Waals surface area contributed by atoms with Gasteiger partial charge in [-0.05, 0) is 55.9 Å². The standard InChI is InChI=1S/C19H23N7O3/c1-29-15-8-6-14(7-9-15)26-17-16(24-25-26)11-20-18(23-17)22-13-4-2-12(3-5-13)10-21-19(27)28/h6-9,11-13,21H,2-5,10H2,1H3,(H,27,28)(H,20,22,23). The van der Waals surface area contributed by atoms with Crippen molar-refractivity contribution in [3.05, 3.63) is 30.5 Å². The zero-order chi connectivity index (χ0) is 20.2. The number of hydrogen-bond donors (Lipinski definition) is 3. The number of nitrogens with zero attached hydrogens (tertiary/aromatic N) is 5. The van der Waals surface area contributed by atoms with Crippen LogP contribution in [0.1, 0.15) is 25.7 Å². The Labute approximate surface area is 167 Å². The molecule has 3 aromatic rings. The first-order valence-electron chi connectivity index (χ1n) is 9.58. The van der Waals surface area contributed by atoms with Gasteiger partial charge in [0.2, 0.25) is 5.95 Å². The monoisotopic (exact) mass is 397 g/mol. The summed E-state index contributed by atoms with van der Waals surface area (Å²) >= 11 is 0. The van der Waals surface area contributed by atoms with E-state index >= 15 is 0 Å². The molecule has 0 atom stereocenters. The fourth-order valence-corrected chi connectivity index (χ4v) is 3.62. The normalized spacial score (nSPS) is 19.1. The topological polar surface area (TPSA) is 127 Å². The third-order valence-electron chi connectivity index (χ3n) is 5.23. The molecule has 29 heavy (non-hydrogen) atoms. The van der Waals surface area contributed by atoms with Gasteiger partial charge >= 0.3 is 6.09 Å². The Hall–Kier alpha value is -3.43. The number of fused-ring (bicyclic) bond motifs is 1. The maximum absolute atomic E-state index is 10.6. The summed E-state index contributed by atoms with van der Waals surface area (Å²) in [6.07, 6.45) is 4.53. The van der Waals surface area contributed by atoms with Gasteiger partial charge in [0.1, 0.15) is 5.75 Å². The molecule has 3 N–H and O–H groups in total. The van der Waals surface area contributed by atoms with Crippen LogP contribution < -0.4 is 15.4 Å². The molecule has 0 radical (unpaired) electrons. The Morgan fingerprint density at radius 3 is 2.69 bits per heavy atom. The molecule has 0 bridgehead atoms. The van der Waals surface area contributed by atoms with Crippen LogP contribution in [0, 0.1) is 5.92 Å². The Morgan fingerprint density at radius 2 is 2.00 bits per heavy atom. The number of carboxylic acid groups (broad SMARTS) is 1. The van der Waals surface area contributed by atoms with E-state index in [1.165, 1.54) is 0 Å². The molecule has 1 saturated carbocycles. The van der Waals surface area contributed by atoms with Crippen molar-refractivity contribution in [2.24, 2.45) is 5.92 Å². The lowest BCUT2D eigenvalue weighted by molar-refractivity contribution is 0.190. The summed E-state index contributed by atoms with van der Waals surface area (Å²) < 4.78 is 6.87. The second-order valence-corrected chi connectivity index (χ2v) is 7.15. The highest BCUT2D eigenvalue weighted by molar-refractivity contribution is 5.72. The van der Waals surface area contributed by atoms with Crippen LogP contribution in [-0.4, -0.2) is 55.9 Å². The lowest BCUT2D eigenvalue weighted by atomic mass is 9.86. The van der Waals surface area contributed by atoms with Crippen molar-refractivity contribution in [1.82, 2.24) is 30.3 Å². The zero-order valence-electron chi connectivity index (χ0n) is 16.1. The first-order valence-corrected chi connectivity index (χ1v) is 9.58. The molecule has 152 valence electrons. The van der Waals surface area contributed by atoms with Crippen molar-refractivity contribution in [2.75, 3.05) is 19.0 Å². The minimum Gasteiger partial charge on any atom is -0.497 e. The minimum absolute atomic E-state index is 0.263. The van der Waals surface area contributed by atoms with Gasteiger partial charge in [0.25, 0.3) is 0 Å². The lowest BCUT2D eigenvalue weighted by Gasteiger charge is -2.28. The van der Waals surface area contributed by atoms with Crippen LogP contribution in [-0.2, 0) is 0 Å². The number of methoxy groups -OCH3 is 1. The van der Waals surface area contributed by atoms with Gasteiger partial charge in [-0.2, -0.15) is 9.67 Å². The SMILES string of the molecule is COc1ccc(-n2nnc3cnc(NC4CCC(CNC(=O)O)CC4)nc32)cc1. The third-order valence-corrected chi connectivity index (χ3v) is 5.23. The number of ether oxygens (including phenoxy) is 1. The van der Waals surface area contributed by atoms with Crippen molar-refractivity contribution in [3.8, 4) is 11.4 Å². The molecule has 10 heteroatoms. The fraction of sp³-hybridized carbons (Fsp3) is 0.421. The van der Waals surface area contributed by atoms with Gasteiger partial charge in [-0.15, -0.1) is 5.10 Å². The number of nitrogens with one attached hydrogen (secondary N) is 2. The van der Waals surface area contributed by atoms with E-state index in [9.17, 15) is 4.79 Å². The smallest absolute Gasteiger partial charge is 0.404 e. The molecule has 0 aliphatic heterocycles. The van der Waals surface area contributed by atoms with Crippen molar-refractivity contribution >= 4 is 23.2 Å². The molecular weight excluding hydrogens is 374 g/mol. The van der Waals surface area contributed by atoms with Gasteiger partial charge in [-0.25, -0.2) is 9.78 Å². The maximum Gasteiger partial charge on any atom is 0.404 e.